The van der Waals surface area contributed by atoms with Crippen molar-refractivity contribution >= 4 is 71.9 Å². The SMILES string of the molecule is c1ccc(Nc2ccc3cc(-c4cc5cc(N(c6ccccc6)c6ccc7cc(-c8cc9ccccc9o8)ccc7c6)ccc5o4)ccc3c2)cc1. The molecule has 0 saturated carbocycles. The Morgan fingerprint density at radius 2 is 0.865 bits per heavy atom. The Labute approximate surface area is 300 Å². The highest BCUT2D eigenvalue weighted by atomic mass is 16.3. The van der Waals surface area contributed by atoms with Crippen molar-refractivity contribution in [3.05, 3.63) is 188 Å². The number of rotatable bonds is 7. The number of anilines is 5. The molecule has 4 heteroatoms. The minimum absolute atomic E-state index is 0.845. The second kappa shape index (κ2) is 12.4. The van der Waals surface area contributed by atoms with Gasteiger partial charge in [0.1, 0.15) is 22.7 Å². The van der Waals surface area contributed by atoms with E-state index >= 15 is 0 Å². The van der Waals surface area contributed by atoms with Crippen LogP contribution in [0.3, 0.4) is 0 Å². The van der Waals surface area contributed by atoms with Crippen LogP contribution in [0.15, 0.2) is 197 Å². The number of hydrogen-bond acceptors (Lipinski definition) is 4. The van der Waals surface area contributed by atoms with Gasteiger partial charge in [-0.05, 0) is 119 Å². The Morgan fingerprint density at radius 3 is 1.60 bits per heavy atom. The van der Waals surface area contributed by atoms with Gasteiger partial charge in [0, 0.05) is 50.3 Å². The molecular weight excluding hydrogens is 637 g/mol. The molecule has 0 radical (unpaired) electrons. The number of furan rings is 2. The summed E-state index contributed by atoms with van der Waals surface area (Å²) in [5, 5.41) is 10.3. The molecule has 0 saturated heterocycles. The van der Waals surface area contributed by atoms with E-state index in [2.05, 4.69) is 162 Å². The van der Waals surface area contributed by atoms with Crippen molar-refractivity contribution in [3.8, 4) is 22.6 Å². The Kier molecular flexibility index (Phi) is 7.10. The molecule has 0 fully saturated rings. The average Bonchev–Trinajstić information content (AvgIpc) is 3.83. The highest BCUT2D eigenvalue weighted by Crippen LogP contribution is 2.40. The molecule has 0 aliphatic rings. The van der Waals surface area contributed by atoms with Gasteiger partial charge in [-0.15, -0.1) is 0 Å². The van der Waals surface area contributed by atoms with Gasteiger partial charge in [-0.25, -0.2) is 0 Å². The average molecular weight is 669 g/mol. The lowest BCUT2D eigenvalue weighted by atomic mass is 10.0. The van der Waals surface area contributed by atoms with Crippen molar-refractivity contribution in [1.82, 2.24) is 0 Å². The third-order valence-corrected chi connectivity index (χ3v) is 9.75. The highest BCUT2D eigenvalue weighted by molar-refractivity contribution is 5.95. The molecule has 2 heterocycles. The molecule has 8 aromatic carbocycles. The number of benzene rings is 8. The second-order valence-electron chi connectivity index (χ2n) is 13.2. The largest absolute Gasteiger partial charge is 0.456 e. The predicted molar refractivity (Wildman–Crippen MR) is 216 cm³/mol. The molecule has 0 aliphatic heterocycles. The van der Waals surface area contributed by atoms with E-state index in [0.29, 0.717) is 0 Å². The van der Waals surface area contributed by atoms with E-state index < -0.39 is 0 Å². The van der Waals surface area contributed by atoms with Crippen LogP contribution in [0, 0.1) is 0 Å². The van der Waals surface area contributed by atoms with Crippen molar-refractivity contribution in [2.75, 3.05) is 10.2 Å². The smallest absolute Gasteiger partial charge is 0.135 e. The Hall–Kier alpha value is -7.04. The van der Waals surface area contributed by atoms with Crippen LogP contribution in [0.4, 0.5) is 28.4 Å². The summed E-state index contributed by atoms with van der Waals surface area (Å²) in [4.78, 5) is 2.30. The first-order valence-corrected chi connectivity index (χ1v) is 17.5. The van der Waals surface area contributed by atoms with Crippen molar-refractivity contribution < 1.29 is 8.83 Å². The maximum absolute atomic E-state index is 6.44. The third-order valence-electron chi connectivity index (χ3n) is 9.75. The van der Waals surface area contributed by atoms with E-state index in [1.807, 2.05) is 36.4 Å². The van der Waals surface area contributed by atoms with Crippen molar-refractivity contribution in [2.24, 2.45) is 0 Å². The van der Waals surface area contributed by atoms with Crippen LogP contribution in [0.5, 0.6) is 0 Å². The molecule has 0 spiro atoms. The minimum Gasteiger partial charge on any atom is -0.456 e. The van der Waals surface area contributed by atoms with Crippen LogP contribution in [-0.2, 0) is 0 Å². The zero-order valence-corrected chi connectivity index (χ0v) is 28.2. The van der Waals surface area contributed by atoms with E-state index in [0.717, 1.165) is 89.2 Å². The monoisotopic (exact) mass is 668 g/mol. The maximum Gasteiger partial charge on any atom is 0.135 e. The van der Waals surface area contributed by atoms with E-state index in [4.69, 9.17) is 8.83 Å². The van der Waals surface area contributed by atoms with Crippen molar-refractivity contribution in [1.29, 1.82) is 0 Å². The first-order chi connectivity index (χ1) is 25.7. The molecule has 2 aromatic heterocycles. The van der Waals surface area contributed by atoms with Gasteiger partial charge in [-0.3, -0.25) is 0 Å². The molecule has 52 heavy (non-hydrogen) atoms. The van der Waals surface area contributed by atoms with Gasteiger partial charge in [-0.2, -0.15) is 0 Å². The van der Waals surface area contributed by atoms with Gasteiger partial charge in [-0.1, -0.05) is 91.0 Å². The van der Waals surface area contributed by atoms with E-state index in [1.165, 1.54) is 5.39 Å². The minimum atomic E-state index is 0.845. The molecule has 10 aromatic rings. The zero-order chi connectivity index (χ0) is 34.4. The summed E-state index contributed by atoms with van der Waals surface area (Å²) in [7, 11) is 0. The standard InChI is InChI=1S/C48H32N2O2/c1-3-10-40(11-4-1)49-41-21-19-32-25-38(17-15-34(32)27-41)48-31-39-29-44(23-24-46(39)52-48)50(42-12-5-2-6-13-42)43-22-20-33-26-37(18-16-35(33)28-43)47-30-36-9-7-8-14-45(36)51-47/h1-31,49H. The number of para-hydroxylation sites is 3. The first-order valence-electron chi connectivity index (χ1n) is 17.5. The Bertz CT molecular complexity index is 2850. The van der Waals surface area contributed by atoms with E-state index in [1.54, 1.807) is 0 Å². The molecular formula is C48H32N2O2. The van der Waals surface area contributed by atoms with Crippen LogP contribution in [0.25, 0.3) is 66.1 Å². The first kappa shape index (κ1) is 29.8. The number of nitrogens with zero attached hydrogens (tertiary/aromatic N) is 1. The summed E-state index contributed by atoms with van der Waals surface area (Å²) in [6.07, 6.45) is 0. The fourth-order valence-corrected chi connectivity index (χ4v) is 7.15. The molecule has 4 nitrogen and oxygen atoms in total. The van der Waals surface area contributed by atoms with Crippen molar-refractivity contribution in [3.63, 3.8) is 0 Å². The lowest BCUT2D eigenvalue weighted by Crippen LogP contribution is -2.09. The molecule has 1 N–H and O–H groups in total. The molecule has 0 amide bonds. The van der Waals surface area contributed by atoms with Crippen molar-refractivity contribution in [2.45, 2.75) is 0 Å². The third kappa shape index (κ3) is 5.53. The lowest BCUT2D eigenvalue weighted by molar-refractivity contribution is 0.631. The Morgan fingerprint density at radius 1 is 0.327 bits per heavy atom. The maximum atomic E-state index is 6.44. The van der Waals surface area contributed by atoms with E-state index in [-0.39, 0.29) is 0 Å². The zero-order valence-electron chi connectivity index (χ0n) is 28.2. The summed E-state index contributed by atoms with van der Waals surface area (Å²) in [5.74, 6) is 1.72. The summed E-state index contributed by atoms with van der Waals surface area (Å²) in [6.45, 7) is 0. The van der Waals surface area contributed by atoms with Crippen LogP contribution in [0.1, 0.15) is 0 Å². The van der Waals surface area contributed by atoms with Gasteiger partial charge in [0.25, 0.3) is 0 Å². The van der Waals surface area contributed by atoms with E-state index in [9.17, 15) is 0 Å². The van der Waals surface area contributed by atoms with Crippen LogP contribution in [-0.4, -0.2) is 0 Å². The normalized spacial score (nSPS) is 11.5. The van der Waals surface area contributed by atoms with Gasteiger partial charge >= 0.3 is 0 Å². The number of fused-ring (bicyclic) bond motifs is 4. The summed E-state index contributed by atoms with van der Waals surface area (Å²) in [5.41, 5.74) is 9.21. The van der Waals surface area contributed by atoms with Crippen LogP contribution >= 0.6 is 0 Å². The molecule has 246 valence electrons. The van der Waals surface area contributed by atoms with Gasteiger partial charge in [0.2, 0.25) is 0 Å². The molecule has 10 rings (SSSR count). The Balaban J connectivity index is 0.979. The predicted octanol–water partition coefficient (Wildman–Crippen LogP) is 14.0. The van der Waals surface area contributed by atoms with Gasteiger partial charge in [0.05, 0.1) is 0 Å². The summed E-state index contributed by atoms with van der Waals surface area (Å²) in [6, 6.07) is 65.7. The number of nitrogens with one attached hydrogen (secondary N) is 1. The summed E-state index contributed by atoms with van der Waals surface area (Å²) < 4.78 is 12.6. The second-order valence-corrected chi connectivity index (χ2v) is 13.2. The fourth-order valence-electron chi connectivity index (χ4n) is 7.15. The number of hydrogen-bond donors (Lipinski definition) is 1. The topological polar surface area (TPSA) is 41.5 Å². The molecule has 0 unspecified atom stereocenters. The summed E-state index contributed by atoms with van der Waals surface area (Å²) >= 11 is 0. The van der Waals surface area contributed by atoms with Crippen LogP contribution in [0.2, 0.25) is 0 Å². The highest BCUT2D eigenvalue weighted by Gasteiger charge is 2.16. The molecule has 0 aliphatic carbocycles. The quantitative estimate of drug-likeness (QED) is 0.184. The van der Waals surface area contributed by atoms with Crippen LogP contribution < -0.4 is 10.2 Å². The molecule has 0 bridgehead atoms. The fraction of sp³-hybridized carbons (Fsp3) is 0. The molecule has 0 atom stereocenters. The van der Waals surface area contributed by atoms with Gasteiger partial charge in [0.15, 0.2) is 0 Å². The lowest BCUT2D eigenvalue weighted by Gasteiger charge is -2.26. The van der Waals surface area contributed by atoms with Gasteiger partial charge < -0.3 is 19.1 Å².